The first kappa shape index (κ1) is 13.3. The third-order valence-electron chi connectivity index (χ3n) is 3.20. The Balaban J connectivity index is 1.48. The van der Waals surface area contributed by atoms with E-state index in [4.69, 9.17) is 4.74 Å². The summed E-state index contributed by atoms with van der Waals surface area (Å²) >= 11 is 2.18. The molecule has 1 aromatic heterocycles. The molecule has 1 saturated heterocycles. The summed E-state index contributed by atoms with van der Waals surface area (Å²) in [5.41, 5.74) is 0.990. The van der Waals surface area contributed by atoms with Crippen molar-refractivity contribution in [2.75, 3.05) is 13.1 Å². The summed E-state index contributed by atoms with van der Waals surface area (Å²) in [6.45, 7) is 1.54. The highest BCUT2D eigenvalue weighted by atomic mass is 127. The van der Waals surface area contributed by atoms with Gasteiger partial charge in [0.1, 0.15) is 10.3 Å². The molecule has 7 heteroatoms. The first-order valence-corrected chi connectivity index (χ1v) is 7.33. The molecule has 0 atom stereocenters. The van der Waals surface area contributed by atoms with Crippen LogP contribution >= 0.6 is 22.6 Å². The van der Waals surface area contributed by atoms with Crippen LogP contribution in [0.5, 0.6) is 0 Å². The van der Waals surface area contributed by atoms with E-state index in [1.165, 1.54) is 0 Å². The number of nitrogens with zero attached hydrogens (tertiary/aromatic N) is 4. The predicted molar refractivity (Wildman–Crippen MR) is 80.0 cm³/mol. The quantitative estimate of drug-likeness (QED) is 0.761. The summed E-state index contributed by atoms with van der Waals surface area (Å²) in [4.78, 5) is 13.5. The van der Waals surface area contributed by atoms with Crippen molar-refractivity contribution in [2.24, 2.45) is 0 Å². The van der Waals surface area contributed by atoms with Crippen LogP contribution < -0.4 is 0 Å². The van der Waals surface area contributed by atoms with Gasteiger partial charge < -0.3 is 9.64 Å². The van der Waals surface area contributed by atoms with E-state index in [0.717, 1.165) is 9.26 Å². The fourth-order valence-electron chi connectivity index (χ4n) is 2.05. The SMILES string of the molecule is O=C(OCc1ccccc1)N1CC(n2nncc2I)C1. The third-order valence-corrected chi connectivity index (χ3v) is 3.98. The Morgan fingerprint density at radius 1 is 1.35 bits per heavy atom. The highest BCUT2D eigenvalue weighted by molar-refractivity contribution is 14.1. The molecule has 0 saturated carbocycles. The largest absolute Gasteiger partial charge is 0.445 e. The topological polar surface area (TPSA) is 60.2 Å². The van der Waals surface area contributed by atoms with Crippen LogP contribution in [0.1, 0.15) is 11.6 Å². The molecule has 0 unspecified atom stereocenters. The number of hydrogen-bond donors (Lipinski definition) is 0. The van der Waals surface area contributed by atoms with E-state index < -0.39 is 0 Å². The van der Waals surface area contributed by atoms with Crippen LogP contribution in [0.3, 0.4) is 0 Å². The molecule has 1 aromatic carbocycles. The second-order valence-corrected chi connectivity index (χ2v) is 5.71. The Bertz CT molecular complexity index is 595. The number of carbonyl (C=O) groups excluding carboxylic acids is 1. The van der Waals surface area contributed by atoms with Gasteiger partial charge in [0.25, 0.3) is 0 Å². The third kappa shape index (κ3) is 2.77. The minimum Gasteiger partial charge on any atom is -0.445 e. The van der Waals surface area contributed by atoms with Gasteiger partial charge in [-0.25, -0.2) is 9.48 Å². The first-order chi connectivity index (χ1) is 9.74. The number of rotatable bonds is 3. The number of benzene rings is 1. The molecule has 6 nitrogen and oxygen atoms in total. The molecule has 1 aliphatic rings. The van der Waals surface area contributed by atoms with E-state index in [1.54, 1.807) is 11.1 Å². The molecule has 0 aliphatic carbocycles. The van der Waals surface area contributed by atoms with E-state index in [1.807, 2.05) is 35.0 Å². The maximum Gasteiger partial charge on any atom is 0.410 e. The normalized spacial score (nSPS) is 14.9. The monoisotopic (exact) mass is 384 g/mol. The molecule has 2 aromatic rings. The summed E-state index contributed by atoms with van der Waals surface area (Å²) in [7, 11) is 0. The number of carbonyl (C=O) groups is 1. The van der Waals surface area contributed by atoms with Gasteiger partial charge in [-0.1, -0.05) is 35.5 Å². The van der Waals surface area contributed by atoms with E-state index in [2.05, 4.69) is 32.9 Å². The number of likely N-dealkylation sites (tertiary alicyclic amines) is 1. The molecular weight excluding hydrogens is 371 g/mol. The summed E-state index contributed by atoms with van der Waals surface area (Å²) in [5, 5.41) is 7.85. The van der Waals surface area contributed by atoms with Gasteiger partial charge in [0.05, 0.1) is 12.2 Å². The van der Waals surface area contributed by atoms with Crippen LogP contribution in [-0.2, 0) is 11.3 Å². The van der Waals surface area contributed by atoms with Crippen LogP contribution in [-0.4, -0.2) is 39.1 Å². The maximum atomic E-state index is 11.9. The minimum atomic E-state index is -0.278. The van der Waals surface area contributed by atoms with Crippen molar-refractivity contribution >= 4 is 28.7 Å². The number of hydrogen-bond acceptors (Lipinski definition) is 4. The average molecular weight is 384 g/mol. The molecule has 0 bridgehead atoms. The standard InChI is InChI=1S/C13H13IN4O2/c14-12-6-15-16-18(12)11-7-17(8-11)13(19)20-9-10-4-2-1-3-5-10/h1-6,11H,7-9H2. The van der Waals surface area contributed by atoms with E-state index in [-0.39, 0.29) is 12.1 Å². The first-order valence-electron chi connectivity index (χ1n) is 6.25. The van der Waals surface area contributed by atoms with Gasteiger partial charge >= 0.3 is 6.09 Å². The number of ether oxygens (including phenoxy) is 1. The van der Waals surface area contributed by atoms with Crippen molar-refractivity contribution in [3.63, 3.8) is 0 Å². The van der Waals surface area contributed by atoms with Gasteiger partial charge in [-0.15, -0.1) is 5.10 Å². The zero-order valence-electron chi connectivity index (χ0n) is 10.6. The Labute approximate surface area is 129 Å². The van der Waals surface area contributed by atoms with E-state index >= 15 is 0 Å². The van der Waals surface area contributed by atoms with E-state index in [9.17, 15) is 4.79 Å². The van der Waals surface area contributed by atoms with Gasteiger partial charge in [-0.2, -0.15) is 0 Å². The zero-order chi connectivity index (χ0) is 13.9. The van der Waals surface area contributed by atoms with Crippen LogP contribution in [0.2, 0.25) is 0 Å². The highest BCUT2D eigenvalue weighted by Crippen LogP contribution is 2.23. The van der Waals surface area contributed by atoms with Crippen molar-refractivity contribution in [3.05, 3.63) is 45.8 Å². The summed E-state index contributed by atoms with van der Waals surface area (Å²) in [6.07, 6.45) is 1.43. The van der Waals surface area contributed by atoms with Gasteiger partial charge in [-0.3, -0.25) is 0 Å². The van der Waals surface area contributed by atoms with Crippen LogP contribution in [0.4, 0.5) is 4.79 Å². The second-order valence-electron chi connectivity index (χ2n) is 4.60. The van der Waals surface area contributed by atoms with Crippen LogP contribution in [0.15, 0.2) is 36.5 Å². The summed E-state index contributed by atoms with van der Waals surface area (Å²) in [5.74, 6) is 0. The lowest BCUT2D eigenvalue weighted by Gasteiger charge is -2.38. The molecule has 2 heterocycles. The van der Waals surface area contributed by atoms with Gasteiger partial charge in [-0.05, 0) is 28.2 Å². The second kappa shape index (κ2) is 5.78. The fourth-order valence-corrected chi connectivity index (χ4v) is 2.66. The smallest absolute Gasteiger partial charge is 0.410 e. The molecule has 1 fully saturated rings. The lowest BCUT2D eigenvalue weighted by atomic mass is 10.1. The van der Waals surface area contributed by atoms with Crippen molar-refractivity contribution in [1.82, 2.24) is 19.9 Å². The molecule has 1 aliphatic heterocycles. The average Bonchev–Trinajstić information content (AvgIpc) is 2.82. The summed E-state index contributed by atoms with van der Waals surface area (Å²) < 4.78 is 8.08. The Morgan fingerprint density at radius 3 is 2.75 bits per heavy atom. The Morgan fingerprint density at radius 2 is 2.10 bits per heavy atom. The molecule has 0 radical (unpaired) electrons. The minimum absolute atomic E-state index is 0.202. The number of amides is 1. The Kier molecular flexibility index (Phi) is 3.86. The highest BCUT2D eigenvalue weighted by Gasteiger charge is 2.34. The molecule has 3 rings (SSSR count). The zero-order valence-corrected chi connectivity index (χ0v) is 12.8. The molecule has 0 spiro atoms. The van der Waals surface area contributed by atoms with Crippen molar-refractivity contribution < 1.29 is 9.53 Å². The fraction of sp³-hybridized carbons (Fsp3) is 0.308. The summed E-state index contributed by atoms with van der Waals surface area (Å²) in [6, 6.07) is 9.86. The van der Waals surface area contributed by atoms with Crippen molar-refractivity contribution in [2.45, 2.75) is 12.6 Å². The molecule has 1 amide bonds. The number of halogens is 1. The van der Waals surface area contributed by atoms with Crippen molar-refractivity contribution in [3.8, 4) is 0 Å². The molecular formula is C13H13IN4O2. The van der Waals surface area contributed by atoms with E-state index in [0.29, 0.717) is 19.7 Å². The van der Waals surface area contributed by atoms with Gasteiger partial charge in [0.2, 0.25) is 0 Å². The van der Waals surface area contributed by atoms with Gasteiger partial charge in [0, 0.05) is 13.1 Å². The number of aromatic nitrogens is 3. The van der Waals surface area contributed by atoms with Crippen LogP contribution in [0.25, 0.3) is 0 Å². The van der Waals surface area contributed by atoms with Crippen LogP contribution in [0, 0.1) is 3.70 Å². The maximum absolute atomic E-state index is 11.9. The molecule has 0 N–H and O–H groups in total. The van der Waals surface area contributed by atoms with Gasteiger partial charge in [0.15, 0.2) is 0 Å². The molecule has 20 heavy (non-hydrogen) atoms. The van der Waals surface area contributed by atoms with Crippen molar-refractivity contribution in [1.29, 1.82) is 0 Å². The Hall–Kier alpha value is -1.64. The predicted octanol–water partition coefficient (Wildman–Crippen LogP) is 2.08. The lowest BCUT2D eigenvalue weighted by Crippen LogP contribution is -2.51. The lowest BCUT2D eigenvalue weighted by molar-refractivity contribution is 0.0485. The molecule has 104 valence electrons.